The van der Waals surface area contributed by atoms with E-state index in [4.69, 9.17) is 14.5 Å². The van der Waals surface area contributed by atoms with Gasteiger partial charge in [-0.3, -0.25) is 4.79 Å². The molecule has 1 amide bonds. The minimum atomic E-state index is 0.0738. The number of carbonyl (C=O) groups is 1. The predicted molar refractivity (Wildman–Crippen MR) is 121 cm³/mol. The van der Waals surface area contributed by atoms with E-state index in [-0.39, 0.29) is 11.9 Å². The van der Waals surface area contributed by atoms with Gasteiger partial charge < -0.3 is 18.9 Å². The summed E-state index contributed by atoms with van der Waals surface area (Å²) in [6, 6.07) is 16.1. The largest absolute Gasteiger partial charge is 0.493 e. The van der Waals surface area contributed by atoms with Crippen LogP contribution in [0.2, 0.25) is 0 Å². The zero-order valence-corrected chi connectivity index (χ0v) is 18.4. The third-order valence-electron chi connectivity index (χ3n) is 5.96. The van der Waals surface area contributed by atoms with E-state index in [0.29, 0.717) is 13.0 Å². The Morgan fingerprint density at radius 2 is 1.87 bits per heavy atom. The molecule has 6 heteroatoms. The number of fused-ring (bicyclic) bond motifs is 1. The molecule has 31 heavy (non-hydrogen) atoms. The van der Waals surface area contributed by atoms with Gasteiger partial charge in [0.25, 0.3) is 0 Å². The van der Waals surface area contributed by atoms with Crippen molar-refractivity contribution in [2.45, 2.75) is 51.6 Å². The van der Waals surface area contributed by atoms with E-state index >= 15 is 0 Å². The number of aryl methyl sites for hydroxylation is 1. The van der Waals surface area contributed by atoms with E-state index in [2.05, 4.69) is 22.8 Å². The van der Waals surface area contributed by atoms with Gasteiger partial charge in [-0.05, 0) is 49.9 Å². The Balaban J connectivity index is 1.46. The Labute approximate surface area is 183 Å². The van der Waals surface area contributed by atoms with Crippen LogP contribution in [0.15, 0.2) is 48.5 Å². The third-order valence-corrected chi connectivity index (χ3v) is 5.96. The number of amides is 1. The van der Waals surface area contributed by atoms with E-state index in [1.807, 2.05) is 42.2 Å². The van der Waals surface area contributed by atoms with Crippen molar-refractivity contribution in [3.63, 3.8) is 0 Å². The lowest BCUT2D eigenvalue weighted by molar-refractivity contribution is -0.131. The van der Waals surface area contributed by atoms with Crippen LogP contribution < -0.4 is 9.47 Å². The molecule has 0 bridgehead atoms. The van der Waals surface area contributed by atoms with Crippen LogP contribution in [0, 0.1) is 0 Å². The second-order valence-corrected chi connectivity index (χ2v) is 7.92. The smallest absolute Gasteiger partial charge is 0.222 e. The quantitative estimate of drug-likeness (QED) is 0.457. The molecule has 0 radical (unpaired) electrons. The molecule has 1 aliphatic heterocycles. The Bertz CT molecular complexity index is 1030. The maximum absolute atomic E-state index is 12.5. The lowest BCUT2D eigenvalue weighted by Crippen LogP contribution is -2.31. The number of rotatable bonds is 9. The van der Waals surface area contributed by atoms with E-state index in [0.717, 1.165) is 67.1 Å². The minimum Gasteiger partial charge on any atom is -0.493 e. The second-order valence-electron chi connectivity index (χ2n) is 7.92. The van der Waals surface area contributed by atoms with E-state index in [9.17, 15) is 4.79 Å². The normalized spacial score (nSPS) is 16.1. The molecule has 4 rings (SSSR count). The number of imidazole rings is 1. The molecular formula is C25H31N3O3. The Kier molecular flexibility index (Phi) is 6.75. The lowest BCUT2D eigenvalue weighted by atomic mass is 10.2. The predicted octanol–water partition coefficient (Wildman–Crippen LogP) is 4.98. The first-order valence-corrected chi connectivity index (χ1v) is 11.2. The van der Waals surface area contributed by atoms with Crippen LogP contribution in [0.5, 0.6) is 11.5 Å². The number of para-hydroxylation sites is 4. The second kappa shape index (κ2) is 9.86. The molecule has 164 valence electrons. The maximum atomic E-state index is 12.5. The lowest BCUT2D eigenvalue weighted by Gasteiger charge is -2.25. The summed E-state index contributed by atoms with van der Waals surface area (Å²) in [5.41, 5.74) is 2.14. The van der Waals surface area contributed by atoms with E-state index in [1.54, 1.807) is 7.11 Å². The molecule has 1 saturated heterocycles. The van der Waals surface area contributed by atoms with Crippen LogP contribution >= 0.6 is 0 Å². The van der Waals surface area contributed by atoms with Crippen LogP contribution in [0.3, 0.4) is 0 Å². The first-order valence-electron chi connectivity index (χ1n) is 11.2. The van der Waals surface area contributed by atoms with Gasteiger partial charge in [0.2, 0.25) is 5.91 Å². The van der Waals surface area contributed by atoms with Gasteiger partial charge in [0, 0.05) is 19.5 Å². The summed E-state index contributed by atoms with van der Waals surface area (Å²) in [7, 11) is 1.66. The van der Waals surface area contributed by atoms with Crippen molar-refractivity contribution in [1.29, 1.82) is 0 Å². The van der Waals surface area contributed by atoms with Crippen LogP contribution in [-0.2, 0) is 11.3 Å². The molecule has 0 N–H and O–H groups in total. The molecule has 1 aliphatic rings. The number of carbonyl (C=O) groups excluding carboxylic acids is 1. The van der Waals surface area contributed by atoms with Crippen molar-refractivity contribution >= 4 is 16.9 Å². The molecule has 0 spiro atoms. The first kappa shape index (κ1) is 21.2. The molecule has 1 fully saturated rings. The molecular weight excluding hydrogens is 390 g/mol. The molecule has 0 aliphatic carbocycles. The molecule has 0 unspecified atom stereocenters. The van der Waals surface area contributed by atoms with Crippen molar-refractivity contribution in [1.82, 2.24) is 14.5 Å². The zero-order valence-electron chi connectivity index (χ0n) is 18.4. The summed E-state index contributed by atoms with van der Waals surface area (Å²) >= 11 is 0. The first-order chi connectivity index (χ1) is 15.2. The summed E-state index contributed by atoms with van der Waals surface area (Å²) in [6.45, 7) is 4.25. The third kappa shape index (κ3) is 4.53. The fraction of sp³-hybridized carbons (Fsp3) is 0.440. The van der Waals surface area contributed by atoms with Gasteiger partial charge in [0.1, 0.15) is 5.82 Å². The average molecular weight is 422 g/mol. The SMILES string of the molecule is CCC(=O)N1CCC[C@@H]1c1nc2ccccc2n1CCCCOc1ccccc1OC. The molecule has 3 aromatic rings. The standard InChI is InChI=1S/C25H31N3O3/c1-3-24(29)27-17-10-13-21(27)25-26-19-11-4-5-12-20(19)28(25)16-8-9-18-31-23-15-7-6-14-22(23)30-2/h4-7,11-12,14-15,21H,3,8-10,13,16-18H2,1-2H3/t21-/m1/s1. The average Bonchev–Trinajstić information content (AvgIpc) is 3.43. The molecule has 1 atom stereocenters. The van der Waals surface area contributed by atoms with Gasteiger partial charge >= 0.3 is 0 Å². The Morgan fingerprint density at radius 1 is 1.10 bits per heavy atom. The molecule has 2 heterocycles. The van der Waals surface area contributed by atoms with Gasteiger partial charge in [-0.2, -0.15) is 0 Å². The van der Waals surface area contributed by atoms with Gasteiger partial charge in [0.05, 0.1) is 30.8 Å². The number of hydrogen-bond donors (Lipinski definition) is 0. The number of benzene rings is 2. The van der Waals surface area contributed by atoms with E-state index < -0.39 is 0 Å². The molecule has 2 aromatic carbocycles. The number of likely N-dealkylation sites (tertiary alicyclic amines) is 1. The summed E-state index contributed by atoms with van der Waals surface area (Å²) in [4.78, 5) is 19.4. The molecule has 6 nitrogen and oxygen atoms in total. The maximum Gasteiger partial charge on any atom is 0.222 e. The number of methoxy groups -OCH3 is 1. The molecule has 1 aromatic heterocycles. The van der Waals surface area contributed by atoms with Gasteiger partial charge in [0.15, 0.2) is 11.5 Å². The highest BCUT2D eigenvalue weighted by Gasteiger charge is 2.32. The van der Waals surface area contributed by atoms with Crippen LogP contribution in [0.4, 0.5) is 0 Å². The van der Waals surface area contributed by atoms with Crippen molar-refractivity contribution in [2.24, 2.45) is 0 Å². The number of unbranched alkanes of at least 4 members (excludes halogenated alkanes) is 1. The summed E-state index contributed by atoms with van der Waals surface area (Å²) in [6.07, 6.45) is 4.44. The Morgan fingerprint density at radius 3 is 2.68 bits per heavy atom. The number of aromatic nitrogens is 2. The highest BCUT2D eigenvalue weighted by atomic mass is 16.5. The number of hydrogen-bond acceptors (Lipinski definition) is 4. The van der Waals surface area contributed by atoms with Crippen molar-refractivity contribution < 1.29 is 14.3 Å². The minimum absolute atomic E-state index is 0.0738. The fourth-order valence-corrected chi connectivity index (χ4v) is 4.41. The zero-order chi connectivity index (χ0) is 21.6. The van der Waals surface area contributed by atoms with Crippen molar-refractivity contribution in [3.05, 3.63) is 54.4 Å². The number of ether oxygens (including phenoxy) is 2. The highest BCUT2D eigenvalue weighted by molar-refractivity contribution is 5.78. The number of nitrogens with zero attached hydrogens (tertiary/aromatic N) is 3. The summed E-state index contributed by atoms with van der Waals surface area (Å²) in [5, 5.41) is 0. The van der Waals surface area contributed by atoms with Crippen LogP contribution in [0.1, 0.15) is 50.9 Å². The van der Waals surface area contributed by atoms with Gasteiger partial charge in [-0.15, -0.1) is 0 Å². The van der Waals surface area contributed by atoms with E-state index in [1.165, 1.54) is 0 Å². The summed E-state index contributed by atoms with van der Waals surface area (Å²) in [5.74, 6) is 2.77. The van der Waals surface area contributed by atoms with Crippen molar-refractivity contribution in [2.75, 3.05) is 20.3 Å². The van der Waals surface area contributed by atoms with Crippen molar-refractivity contribution in [3.8, 4) is 11.5 Å². The topological polar surface area (TPSA) is 56.6 Å². The monoisotopic (exact) mass is 421 g/mol. The van der Waals surface area contributed by atoms with Gasteiger partial charge in [-0.25, -0.2) is 4.98 Å². The Hall–Kier alpha value is -3.02. The summed E-state index contributed by atoms with van der Waals surface area (Å²) < 4.78 is 13.6. The van der Waals surface area contributed by atoms with Gasteiger partial charge in [-0.1, -0.05) is 31.2 Å². The van der Waals surface area contributed by atoms with Crippen LogP contribution in [-0.4, -0.2) is 40.6 Å². The van der Waals surface area contributed by atoms with Crippen LogP contribution in [0.25, 0.3) is 11.0 Å². The molecule has 0 saturated carbocycles. The fourth-order valence-electron chi connectivity index (χ4n) is 4.41. The highest BCUT2D eigenvalue weighted by Crippen LogP contribution is 2.34.